The number of thiazole rings is 1. The summed E-state index contributed by atoms with van der Waals surface area (Å²) in [7, 11) is 0. The van der Waals surface area contributed by atoms with E-state index in [2.05, 4.69) is 16.8 Å². The summed E-state index contributed by atoms with van der Waals surface area (Å²) in [5.74, 6) is -0.321. The summed E-state index contributed by atoms with van der Waals surface area (Å²) in [6.45, 7) is 6.23. The maximum Gasteiger partial charge on any atom is 0.282 e. The van der Waals surface area contributed by atoms with Gasteiger partial charge in [0.25, 0.3) is 12.3 Å². The molecule has 0 saturated carbocycles. The molecule has 1 aromatic heterocycles. The summed E-state index contributed by atoms with van der Waals surface area (Å²) in [4.78, 5) is 19.9. The van der Waals surface area contributed by atoms with Crippen LogP contribution in [0.5, 0.6) is 0 Å². The third kappa shape index (κ3) is 3.09. The minimum Gasteiger partial charge on any atom is -0.377 e. The van der Waals surface area contributed by atoms with Gasteiger partial charge in [0.05, 0.1) is 18.8 Å². The van der Waals surface area contributed by atoms with Crippen molar-refractivity contribution in [2.24, 2.45) is 0 Å². The molecule has 0 aliphatic carbocycles. The van der Waals surface area contributed by atoms with E-state index in [9.17, 15) is 13.6 Å². The van der Waals surface area contributed by atoms with Crippen molar-refractivity contribution in [2.75, 3.05) is 39.4 Å². The molecule has 3 heterocycles. The fourth-order valence-corrected chi connectivity index (χ4v) is 4.12. The molecule has 0 N–H and O–H groups in total. The van der Waals surface area contributed by atoms with E-state index >= 15 is 0 Å². The van der Waals surface area contributed by atoms with E-state index in [0.29, 0.717) is 24.4 Å². The van der Waals surface area contributed by atoms with Crippen LogP contribution in [0, 0.1) is 0 Å². The van der Waals surface area contributed by atoms with E-state index in [-0.39, 0.29) is 26.5 Å². The number of hydrogen-bond donors (Lipinski definition) is 0. The average Bonchev–Trinajstić information content (AvgIpc) is 2.89. The molecule has 9 heteroatoms. The Morgan fingerprint density at radius 3 is 2.48 bits per heavy atom. The Balaban J connectivity index is 1.63. The lowest BCUT2D eigenvalue weighted by Gasteiger charge is -2.52. The van der Waals surface area contributed by atoms with Gasteiger partial charge in [-0.1, -0.05) is 18.5 Å². The molecule has 0 atom stereocenters. The Bertz CT molecular complexity index is 581. The molecule has 0 spiro atoms. The topological polar surface area (TPSA) is 45.7 Å². The van der Waals surface area contributed by atoms with E-state index in [1.807, 2.05) is 0 Å². The largest absolute Gasteiger partial charge is 0.377 e. The standard InChI is InChI=1S/C14H18ClF2N3O2S/c1-2-14(7-22-8-14)20-5-3-19(4-6-20)13(21)12-18-10(15)9(23-12)11(16)17/h11H,2-8H2,1H3. The summed E-state index contributed by atoms with van der Waals surface area (Å²) in [6.07, 6.45) is -1.69. The van der Waals surface area contributed by atoms with Crippen LogP contribution in [-0.2, 0) is 4.74 Å². The molecule has 2 aliphatic rings. The average molecular weight is 366 g/mol. The van der Waals surface area contributed by atoms with Crippen LogP contribution in [-0.4, -0.2) is 65.6 Å². The molecule has 23 heavy (non-hydrogen) atoms. The van der Waals surface area contributed by atoms with Crippen LogP contribution in [0.2, 0.25) is 5.15 Å². The van der Waals surface area contributed by atoms with E-state index in [4.69, 9.17) is 16.3 Å². The zero-order chi connectivity index (χ0) is 16.6. The predicted molar refractivity (Wildman–Crippen MR) is 83.4 cm³/mol. The highest BCUT2D eigenvalue weighted by Crippen LogP contribution is 2.33. The van der Waals surface area contributed by atoms with Crippen molar-refractivity contribution in [3.8, 4) is 0 Å². The van der Waals surface area contributed by atoms with Gasteiger partial charge in [0.1, 0.15) is 10.0 Å². The van der Waals surface area contributed by atoms with Gasteiger partial charge in [-0.2, -0.15) is 0 Å². The number of aromatic nitrogens is 1. The highest BCUT2D eigenvalue weighted by Gasteiger charge is 2.43. The highest BCUT2D eigenvalue weighted by molar-refractivity contribution is 7.14. The van der Waals surface area contributed by atoms with Gasteiger partial charge in [0, 0.05) is 26.2 Å². The van der Waals surface area contributed by atoms with Crippen LogP contribution in [0.3, 0.4) is 0 Å². The van der Waals surface area contributed by atoms with Crippen molar-refractivity contribution in [3.63, 3.8) is 0 Å². The number of carbonyl (C=O) groups excluding carboxylic acids is 1. The Morgan fingerprint density at radius 1 is 1.39 bits per heavy atom. The zero-order valence-corrected chi connectivity index (χ0v) is 14.3. The summed E-state index contributed by atoms with van der Waals surface area (Å²) in [6, 6.07) is 0. The van der Waals surface area contributed by atoms with Crippen LogP contribution < -0.4 is 0 Å². The van der Waals surface area contributed by atoms with Gasteiger partial charge in [-0.15, -0.1) is 11.3 Å². The van der Waals surface area contributed by atoms with Crippen LogP contribution in [0.1, 0.15) is 34.4 Å². The first-order valence-corrected chi connectivity index (χ1v) is 8.73. The lowest BCUT2D eigenvalue weighted by molar-refractivity contribution is -0.149. The summed E-state index contributed by atoms with van der Waals surface area (Å²) in [5.41, 5.74) is 0.0997. The number of piperazine rings is 1. The number of ether oxygens (including phenoxy) is 1. The number of amides is 1. The van der Waals surface area contributed by atoms with Crippen LogP contribution >= 0.6 is 22.9 Å². The molecule has 128 valence electrons. The fraction of sp³-hybridized carbons (Fsp3) is 0.714. The molecule has 0 radical (unpaired) electrons. The van der Waals surface area contributed by atoms with Gasteiger partial charge in [-0.3, -0.25) is 9.69 Å². The third-order valence-electron chi connectivity index (χ3n) is 4.63. The van der Waals surface area contributed by atoms with Gasteiger partial charge in [0.15, 0.2) is 5.01 Å². The van der Waals surface area contributed by atoms with Gasteiger partial charge in [-0.05, 0) is 6.42 Å². The summed E-state index contributed by atoms with van der Waals surface area (Å²) < 4.78 is 30.9. The molecule has 2 saturated heterocycles. The Labute approximate surface area is 142 Å². The fourth-order valence-electron chi connectivity index (χ4n) is 3.01. The van der Waals surface area contributed by atoms with E-state index in [1.165, 1.54) is 0 Å². The number of halogens is 3. The van der Waals surface area contributed by atoms with E-state index in [0.717, 1.165) is 32.7 Å². The Hall–Kier alpha value is -0.830. The monoisotopic (exact) mass is 365 g/mol. The Morgan fingerprint density at radius 2 is 2.04 bits per heavy atom. The lowest BCUT2D eigenvalue weighted by Crippen LogP contribution is -2.66. The number of nitrogens with zero attached hydrogens (tertiary/aromatic N) is 3. The van der Waals surface area contributed by atoms with Gasteiger partial charge in [-0.25, -0.2) is 13.8 Å². The summed E-state index contributed by atoms with van der Waals surface area (Å²) >= 11 is 6.36. The maximum absolute atomic E-state index is 12.8. The van der Waals surface area contributed by atoms with Crippen molar-refractivity contribution in [2.45, 2.75) is 25.3 Å². The molecular formula is C14H18ClF2N3O2S. The molecule has 2 aliphatic heterocycles. The van der Waals surface area contributed by atoms with Crippen molar-refractivity contribution in [3.05, 3.63) is 15.0 Å². The van der Waals surface area contributed by atoms with E-state index in [1.54, 1.807) is 4.90 Å². The normalized spacial score (nSPS) is 21.5. The molecule has 5 nitrogen and oxygen atoms in total. The third-order valence-corrected chi connectivity index (χ3v) is 6.08. The highest BCUT2D eigenvalue weighted by atomic mass is 35.5. The second-order valence-corrected chi connectivity index (χ2v) is 7.21. The van der Waals surface area contributed by atoms with Crippen molar-refractivity contribution < 1.29 is 18.3 Å². The minimum absolute atomic E-state index is 0.0379. The first kappa shape index (κ1) is 17.0. The lowest BCUT2D eigenvalue weighted by atomic mass is 9.91. The van der Waals surface area contributed by atoms with Crippen molar-refractivity contribution >= 4 is 28.8 Å². The van der Waals surface area contributed by atoms with Gasteiger partial charge >= 0.3 is 0 Å². The van der Waals surface area contributed by atoms with E-state index < -0.39 is 6.43 Å². The number of carbonyl (C=O) groups is 1. The zero-order valence-electron chi connectivity index (χ0n) is 12.7. The van der Waals surface area contributed by atoms with Crippen LogP contribution in [0.15, 0.2) is 0 Å². The first-order chi connectivity index (χ1) is 11.0. The molecule has 0 aromatic carbocycles. The van der Waals surface area contributed by atoms with Crippen LogP contribution in [0.25, 0.3) is 0 Å². The number of rotatable bonds is 4. The second kappa shape index (κ2) is 6.58. The first-order valence-electron chi connectivity index (χ1n) is 7.53. The SMILES string of the molecule is CCC1(N2CCN(C(=O)c3nc(Cl)c(C(F)F)s3)CC2)COC1. The molecule has 0 bridgehead atoms. The summed E-state index contributed by atoms with van der Waals surface area (Å²) in [5, 5.41) is -0.237. The molecule has 1 aromatic rings. The minimum atomic E-state index is -2.71. The predicted octanol–water partition coefficient (Wildman–Crippen LogP) is 2.67. The second-order valence-electron chi connectivity index (χ2n) is 5.82. The number of alkyl halides is 2. The Kier molecular flexibility index (Phi) is 4.87. The van der Waals surface area contributed by atoms with Crippen LogP contribution in [0.4, 0.5) is 8.78 Å². The van der Waals surface area contributed by atoms with Crippen molar-refractivity contribution in [1.82, 2.24) is 14.8 Å². The van der Waals surface area contributed by atoms with Crippen molar-refractivity contribution in [1.29, 1.82) is 0 Å². The quantitative estimate of drug-likeness (QED) is 0.823. The van der Waals surface area contributed by atoms with Gasteiger partial charge < -0.3 is 9.64 Å². The molecule has 3 rings (SSSR count). The molecule has 2 fully saturated rings. The number of hydrogen-bond acceptors (Lipinski definition) is 5. The maximum atomic E-state index is 12.8. The molecular weight excluding hydrogens is 348 g/mol. The molecule has 1 amide bonds. The molecule has 0 unspecified atom stereocenters. The van der Waals surface area contributed by atoms with Gasteiger partial charge in [0.2, 0.25) is 0 Å². The smallest absolute Gasteiger partial charge is 0.282 e.